The van der Waals surface area contributed by atoms with E-state index in [1.807, 2.05) is 31.1 Å². The lowest BCUT2D eigenvalue weighted by Gasteiger charge is -2.21. The zero-order valence-corrected chi connectivity index (χ0v) is 13.0. The summed E-state index contributed by atoms with van der Waals surface area (Å²) in [7, 11) is 3.82. The number of hydrogen-bond acceptors (Lipinski definition) is 3. The highest BCUT2D eigenvalue weighted by atomic mass is 16.1. The van der Waals surface area contributed by atoms with Crippen molar-refractivity contribution in [3.8, 4) is 0 Å². The second-order valence-electron chi connectivity index (χ2n) is 6.75. The van der Waals surface area contributed by atoms with Crippen molar-refractivity contribution in [3.63, 3.8) is 0 Å². The minimum absolute atomic E-state index is 0.00467. The van der Waals surface area contributed by atoms with Crippen LogP contribution in [0.25, 0.3) is 0 Å². The van der Waals surface area contributed by atoms with E-state index in [2.05, 4.69) is 10.3 Å². The lowest BCUT2D eigenvalue weighted by molar-refractivity contribution is 0.0950. The Morgan fingerprint density at radius 2 is 2.24 bits per heavy atom. The molecule has 0 unspecified atom stereocenters. The fourth-order valence-corrected chi connectivity index (χ4v) is 4.13. The quantitative estimate of drug-likeness (QED) is 0.905. The zero-order chi connectivity index (χ0) is 14.8. The molecular weight excluding hydrogens is 262 g/mol. The Morgan fingerprint density at radius 3 is 2.90 bits per heavy atom. The van der Waals surface area contributed by atoms with Gasteiger partial charge >= 0.3 is 0 Å². The number of nitrogens with zero attached hydrogens (tertiary/aromatic N) is 2. The summed E-state index contributed by atoms with van der Waals surface area (Å²) in [5.74, 6) is 3.48. The molecule has 1 heterocycles. The van der Waals surface area contributed by atoms with Crippen molar-refractivity contribution in [2.24, 2.45) is 17.8 Å². The summed E-state index contributed by atoms with van der Waals surface area (Å²) < 4.78 is 0. The van der Waals surface area contributed by atoms with E-state index in [0.29, 0.717) is 5.56 Å². The highest BCUT2D eigenvalue weighted by molar-refractivity contribution is 5.98. The minimum Gasteiger partial charge on any atom is -0.362 e. The Balaban J connectivity index is 1.53. The standard InChI is InChI=1S/C17H25N3O/c1-20(2)16-15(4-3-8-18-16)17(21)19-9-7-14-11-12-5-6-13(14)10-12/h3-4,8,12-14H,5-7,9-11H2,1-2H3,(H,19,21)/t12-,13-,14+/m0/s1. The first-order chi connectivity index (χ1) is 10.1. The molecule has 3 atom stereocenters. The van der Waals surface area contributed by atoms with Crippen molar-refractivity contribution in [2.45, 2.75) is 32.1 Å². The van der Waals surface area contributed by atoms with Crippen LogP contribution >= 0.6 is 0 Å². The SMILES string of the molecule is CN(C)c1ncccc1C(=O)NCC[C@@H]1C[C@H]2CC[C@H]1C2. The Bertz CT molecular complexity index is 515. The molecule has 0 radical (unpaired) electrons. The number of carbonyl (C=O) groups is 1. The number of rotatable bonds is 5. The van der Waals surface area contributed by atoms with Crippen LogP contribution in [0.4, 0.5) is 5.82 Å². The largest absolute Gasteiger partial charge is 0.362 e. The van der Waals surface area contributed by atoms with Crippen molar-refractivity contribution in [1.82, 2.24) is 10.3 Å². The van der Waals surface area contributed by atoms with Gasteiger partial charge in [-0.2, -0.15) is 0 Å². The van der Waals surface area contributed by atoms with Gasteiger partial charge in [0.2, 0.25) is 0 Å². The van der Waals surface area contributed by atoms with Crippen LogP contribution in [0.3, 0.4) is 0 Å². The van der Waals surface area contributed by atoms with E-state index in [9.17, 15) is 4.79 Å². The second kappa shape index (κ2) is 6.04. The molecule has 1 aromatic rings. The number of nitrogens with one attached hydrogen (secondary N) is 1. The molecule has 1 amide bonds. The maximum absolute atomic E-state index is 12.3. The van der Waals surface area contributed by atoms with Crippen LogP contribution in [0.5, 0.6) is 0 Å². The van der Waals surface area contributed by atoms with Crippen LogP contribution in [0.15, 0.2) is 18.3 Å². The van der Waals surface area contributed by atoms with E-state index < -0.39 is 0 Å². The zero-order valence-electron chi connectivity index (χ0n) is 13.0. The molecule has 114 valence electrons. The topological polar surface area (TPSA) is 45.2 Å². The Hall–Kier alpha value is -1.58. The number of carbonyl (C=O) groups excluding carboxylic acids is 1. The van der Waals surface area contributed by atoms with Gasteiger partial charge in [-0.25, -0.2) is 4.98 Å². The van der Waals surface area contributed by atoms with E-state index in [4.69, 9.17) is 0 Å². The first-order valence-electron chi connectivity index (χ1n) is 8.05. The summed E-state index contributed by atoms with van der Waals surface area (Å²) in [6, 6.07) is 3.66. The van der Waals surface area contributed by atoms with E-state index in [1.54, 1.807) is 6.20 Å². The molecule has 2 saturated carbocycles. The number of aromatic nitrogens is 1. The summed E-state index contributed by atoms with van der Waals surface area (Å²) in [5, 5.41) is 3.07. The molecule has 2 bridgehead atoms. The number of amides is 1. The summed E-state index contributed by atoms with van der Waals surface area (Å²) in [5.41, 5.74) is 0.662. The van der Waals surface area contributed by atoms with Gasteiger partial charge in [0.25, 0.3) is 5.91 Å². The van der Waals surface area contributed by atoms with Gasteiger partial charge in [0, 0.05) is 26.8 Å². The van der Waals surface area contributed by atoms with E-state index in [1.165, 1.54) is 25.7 Å². The average Bonchev–Trinajstić information content (AvgIpc) is 3.09. The fourth-order valence-electron chi connectivity index (χ4n) is 4.13. The molecule has 4 heteroatoms. The van der Waals surface area contributed by atoms with Crippen molar-refractivity contribution < 1.29 is 4.79 Å². The number of anilines is 1. The Morgan fingerprint density at radius 1 is 1.38 bits per heavy atom. The van der Waals surface area contributed by atoms with E-state index >= 15 is 0 Å². The van der Waals surface area contributed by atoms with Crippen LogP contribution in [0.2, 0.25) is 0 Å². The third-order valence-electron chi connectivity index (χ3n) is 5.14. The molecule has 0 saturated heterocycles. The summed E-state index contributed by atoms with van der Waals surface area (Å²) in [6.45, 7) is 0.786. The summed E-state index contributed by atoms with van der Waals surface area (Å²) in [6.07, 6.45) is 8.53. The summed E-state index contributed by atoms with van der Waals surface area (Å²) >= 11 is 0. The second-order valence-corrected chi connectivity index (χ2v) is 6.75. The maximum Gasteiger partial charge on any atom is 0.255 e. The molecule has 1 N–H and O–H groups in total. The Labute approximate surface area is 126 Å². The highest BCUT2D eigenvalue weighted by Crippen LogP contribution is 2.49. The van der Waals surface area contributed by atoms with Crippen LogP contribution in [-0.2, 0) is 0 Å². The maximum atomic E-state index is 12.3. The molecule has 0 aliphatic heterocycles. The monoisotopic (exact) mass is 287 g/mol. The minimum atomic E-state index is -0.00467. The van der Waals surface area contributed by atoms with Gasteiger partial charge < -0.3 is 10.2 Å². The van der Waals surface area contributed by atoms with Gasteiger partial charge in [-0.05, 0) is 55.6 Å². The smallest absolute Gasteiger partial charge is 0.255 e. The first-order valence-corrected chi connectivity index (χ1v) is 8.05. The molecule has 2 aliphatic carbocycles. The third kappa shape index (κ3) is 3.04. The van der Waals surface area contributed by atoms with Gasteiger partial charge in [-0.3, -0.25) is 4.79 Å². The lowest BCUT2D eigenvalue weighted by atomic mass is 9.86. The number of pyridine rings is 1. The van der Waals surface area contributed by atoms with Gasteiger partial charge in [-0.15, -0.1) is 0 Å². The number of hydrogen-bond donors (Lipinski definition) is 1. The van der Waals surface area contributed by atoms with Crippen LogP contribution in [0, 0.1) is 17.8 Å². The van der Waals surface area contributed by atoms with Gasteiger partial charge in [0.15, 0.2) is 0 Å². The van der Waals surface area contributed by atoms with Gasteiger partial charge in [0.1, 0.15) is 5.82 Å². The first kappa shape index (κ1) is 14.4. The van der Waals surface area contributed by atoms with E-state index in [0.717, 1.165) is 36.5 Å². The molecule has 1 aromatic heterocycles. The molecule has 2 aliphatic rings. The van der Waals surface area contributed by atoms with Crippen LogP contribution < -0.4 is 10.2 Å². The molecule has 3 rings (SSSR count). The van der Waals surface area contributed by atoms with Gasteiger partial charge in [0.05, 0.1) is 5.56 Å². The highest BCUT2D eigenvalue weighted by Gasteiger charge is 2.38. The van der Waals surface area contributed by atoms with E-state index in [-0.39, 0.29) is 5.91 Å². The fraction of sp³-hybridized carbons (Fsp3) is 0.647. The third-order valence-corrected chi connectivity index (χ3v) is 5.14. The molecule has 0 aromatic carbocycles. The lowest BCUT2D eigenvalue weighted by Crippen LogP contribution is -2.29. The average molecular weight is 287 g/mol. The predicted octanol–water partition coefficient (Wildman–Crippen LogP) is 2.70. The van der Waals surface area contributed by atoms with Crippen LogP contribution in [-0.4, -0.2) is 31.5 Å². The molecule has 2 fully saturated rings. The predicted molar refractivity (Wildman–Crippen MR) is 84.5 cm³/mol. The van der Waals surface area contributed by atoms with Crippen molar-refractivity contribution in [1.29, 1.82) is 0 Å². The normalized spacial score (nSPS) is 26.9. The van der Waals surface area contributed by atoms with Crippen molar-refractivity contribution in [2.75, 3.05) is 25.5 Å². The molecule has 4 nitrogen and oxygen atoms in total. The van der Waals surface area contributed by atoms with Gasteiger partial charge in [-0.1, -0.05) is 6.42 Å². The molecular formula is C17H25N3O. The number of fused-ring (bicyclic) bond motifs is 2. The molecule has 0 spiro atoms. The van der Waals surface area contributed by atoms with Crippen LogP contribution in [0.1, 0.15) is 42.5 Å². The van der Waals surface area contributed by atoms with Crippen molar-refractivity contribution >= 4 is 11.7 Å². The van der Waals surface area contributed by atoms with Crippen molar-refractivity contribution in [3.05, 3.63) is 23.9 Å². The molecule has 21 heavy (non-hydrogen) atoms. The summed E-state index contributed by atoms with van der Waals surface area (Å²) in [4.78, 5) is 18.5. The Kier molecular flexibility index (Phi) is 4.13.